The summed E-state index contributed by atoms with van der Waals surface area (Å²) in [6.07, 6.45) is 2.88. The zero-order chi connectivity index (χ0) is 21.4. The Labute approximate surface area is 178 Å². The van der Waals surface area contributed by atoms with Gasteiger partial charge in [0.15, 0.2) is 5.65 Å². The molecule has 1 aliphatic carbocycles. The minimum Gasteiger partial charge on any atom is -0.479 e. The van der Waals surface area contributed by atoms with E-state index in [0.717, 1.165) is 40.7 Å². The Morgan fingerprint density at radius 2 is 2.10 bits per heavy atom. The Hall–Kier alpha value is -2.94. The van der Waals surface area contributed by atoms with E-state index in [1.54, 1.807) is 17.9 Å². The maximum Gasteiger partial charge on any atom is 0.254 e. The number of methoxy groups -OCH3 is 1. The lowest BCUT2D eigenvalue weighted by Crippen LogP contribution is -2.26. The van der Waals surface area contributed by atoms with Gasteiger partial charge in [-0.25, -0.2) is 9.67 Å². The van der Waals surface area contributed by atoms with E-state index in [1.165, 1.54) is 11.3 Å². The standard InChI is InChI=1S/C21H25N5O3S/c1-11-14(12(2)22-18-17(11)20(29-4)25-26(18)3)7-8-16(27)24-21-15(9-10-30-21)19(28)23-13-5-6-13/h9-10,13H,5-8H2,1-4H3,(H,23,28)(H,24,27). The summed E-state index contributed by atoms with van der Waals surface area (Å²) in [6, 6.07) is 2.03. The molecule has 3 heterocycles. The van der Waals surface area contributed by atoms with Crippen molar-refractivity contribution in [2.45, 2.75) is 45.6 Å². The SMILES string of the molecule is COc1nn(C)c2nc(C)c(CCC(=O)Nc3sccc3C(=O)NC3CC3)c(C)c12. The summed E-state index contributed by atoms with van der Waals surface area (Å²) in [4.78, 5) is 29.6. The van der Waals surface area contributed by atoms with E-state index >= 15 is 0 Å². The average Bonchev–Trinajstić information content (AvgIpc) is 3.29. The van der Waals surface area contributed by atoms with Crippen molar-refractivity contribution >= 4 is 39.2 Å². The smallest absolute Gasteiger partial charge is 0.254 e. The molecule has 0 bridgehead atoms. The van der Waals surface area contributed by atoms with Crippen molar-refractivity contribution in [2.75, 3.05) is 12.4 Å². The second-order valence-corrected chi connectivity index (χ2v) is 8.51. The molecule has 9 heteroatoms. The third-order valence-corrected chi connectivity index (χ3v) is 6.22. The van der Waals surface area contributed by atoms with Crippen molar-refractivity contribution in [2.24, 2.45) is 7.05 Å². The number of anilines is 1. The van der Waals surface area contributed by atoms with Crippen molar-refractivity contribution in [3.63, 3.8) is 0 Å². The first-order chi connectivity index (χ1) is 14.4. The predicted molar refractivity (Wildman–Crippen MR) is 116 cm³/mol. The molecule has 0 aromatic carbocycles. The molecule has 0 unspecified atom stereocenters. The number of aromatic nitrogens is 3. The van der Waals surface area contributed by atoms with Gasteiger partial charge >= 0.3 is 0 Å². The first-order valence-corrected chi connectivity index (χ1v) is 10.8. The largest absolute Gasteiger partial charge is 0.479 e. The van der Waals surface area contributed by atoms with Gasteiger partial charge in [-0.2, -0.15) is 0 Å². The number of hydrogen-bond acceptors (Lipinski definition) is 6. The zero-order valence-corrected chi connectivity index (χ0v) is 18.4. The maximum atomic E-state index is 12.6. The summed E-state index contributed by atoms with van der Waals surface area (Å²) in [5.41, 5.74) is 4.20. The first-order valence-electron chi connectivity index (χ1n) is 9.94. The van der Waals surface area contributed by atoms with Crippen molar-refractivity contribution in [1.29, 1.82) is 0 Å². The molecule has 30 heavy (non-hydrogen) atoms. The molecular weight excluding hydrogens is 402 g/mol. The molecule has 0 atom stereocenters. The summed E-state index contributed by atoms with van der Waals surface area (Å²) < 4.78 is 7.10. The molecule has 0 spiro atoms. The van der Waals surface area contributed by atoms with Crippen LogP contribution in [0.15, 0.2) is 11.4 Å². The van der Waals surface area contributed by atoms with Crippen LogP contribution in [0.5, 0.6) is 5.88 Å². The lowest BCUT2D eigenvalue weighted by Gasteiger charge is -2.11. The number of fused-ring (bicyclic) bond motifs is 1. The highest BCUT2D eigenvalue weighted by molar-refractivity contribution is 7.14. The van der Waals surface area contributed by atoms with Crippen LogP contribution in [0, 0.1) is 13.8 Å². The van der Waals surface area contributed by atoms with E-state index < -0.39 is 0 Å². The average molecular weight is 428 g/mol. The van der Waals surface area contributed by atoms with Crippen LogP contribution in [0.25, 0.3) is 11.0 Å². The number of carbonyl (C=O) groups excluding carboxylic acids is 2. The highest BCUT2D eigenvalue weighted by Crippen LogP contribution is 2.31. The fourth-order valence-electron chi connectivity index (χ4n) is 3.61. The number of nitrogens with zero attached hydrogens (tertiary/aromatic N) is 3. The van der Waals surface area contributed by atoms with Gasteiger partial charge in [0.1, 0.15) is 5.00 Å². The van der Waals surface area contributed by atoms with Gasteiger partial charge in [-0.05, 0) is 55.7 Å². The molecule has 2 N–H and O–H groups in total. The molecule has 3 aromatic heterocycles. The van der Waals surface area contributed by atoms with Crippen LogP contribution in [0.3, 0.4) is 0 Å². The molecular formula is C21H25N5O3S. The molecule has 3 aromatic rings. The molecule has 1 saturated carbocycles. The lowest BCUT2D eigenvalue weighted by molar-refractivity contribution is -0.116. The summed E-state index contributed by atoms with van der Waals surface area (Å²) in [6.45, 7) is 3.95. The number of ether oxygens (including phenoxy) is 1. The highest BCUT2D eigenvalue weighted by Gasteiger charge is 2.25. The van der Waals surface area contributed by atoms with Crippen LogP contribution in [0.4, 0.5) is 5.00 Å². The third-order valence-electron chi connectivity index (χ3n) is 5.39. The summed E-state index contributed by atoms with van der Waals surface area (Å²) in [7, 11) is 3.42. The van der Waals surface area contributed by atoms with E-state index in [2.05, 4.69) is 20.7 Å². The third kappa shape index (κ3) is 3.89. The Kier molecular flexibility index (Phi) is 5.46. The van der Waals surface area contributed by atoms with Crippen LogP contribution in [0.1, 0.15) is 46.4 Å². The summed E-state index contributed by atoms with van der Waals surface area (Å²) in [5, 5.41) is 13.5. The van der Waals surface area contributed by atoms with E-state index in [9.17, 15) is 9.59 Å². The van der Waals surface area contributed by atoms with Crippen LogP contribution in [-0.4, -0.2) is 39.7 Å². The molecule has 8 nitrogen and oxygen atoms in total. The van der Waals surface area contributed by atoms with E-state index in [-0.39, 0.29) is 17.9 Å². The minimum atomic E-state index is -0.130. The number of pyridine rings is 1. The molecule has 2 amide bonds. The minimum absolute atomic E-state index is 0.126. The van der Waals surface area contributed by atoms with Gasteiger partial charge in [0.25, 0.3) is 5.91 Å². The number of hydrogen-bond donors (Lipinski definition) is 2. The Balaban J connectivity index is 1.47. The molecule has 1 fully saturated rings. The molecule has 158 valence electrons. The Bertz CT molecular complexity index is 1130. The number of carbonyl (C=O) groups is 2. The van der Waals surface area contributed by atoms with Crippen LogP contribution >= 0.6 is 11.3 Å². The van der Waals surface area contributed by atoms with Gasteiger partial charge in [-0.1, -0.05) is 0 Å². The quantitative estimate of drug-likeness (QED) is 0.604. The van der Waals surface area contributed by atoms with Crippen molar-refractivity contribution in [3.8, 4) is 5.88 Å². The van der Waals surface area contributed by atoms with Crippen LogP contribution in [0.2, 0.25) is 0 Å². The van der Waals surface area contributed by atoms with Crippen LogP contribution in [-0.2, 0) is 18.3 Å². The molecule has 0 radical (unpaired) electrons. The number of aryl methyl sites for hydroxylation is 3. The molecule has 1 aliphatic rings. The van der Waals surface area contributed by atoms with E-state index in [1.807, 2.05) is 26.3 Å². The van der Waals surface area contributed by atoms with Gasteiger partial charge in [-0.15, -0.1) is 16.4 Å². The fourth-order valence-corrected chi connectivity index (χ4v) is 4.41. The lowest BCUT2D eigenvalue weighted by atomic mass is 10.00. The highest BCUT2D eigenvalue weighted by atomic mass is 32.1. The van der Waals surface area contributed by atoms with Gasteiger partial charge < -0.3 is 15.4 Å². The van der Waals surface area contributed by atoms with E-state index in [0.29, 0.717) is 29.3 Å². The van der Waals surface area contributed by atoms with Crippen molar-refractivity contribution in [3.05, 3.63) is 33.8 Å². The summed E-state index contributed by atoms with van der Waals surface area (Å²) in [5.74, 6) is 0.280. The predicted octanol–water partition coefficient (Wildman–Crippen LogP) is 3.12. The summed E-state index contributed by atoms with van der Waals surface area (Å²) >= 11 is 1.36. The van der Waals surface area contributed by atoms with Crippen LogP contribution < -0.4 is 15.4 Å². The Morgan fingerprint density at radius 1 is 1.33 bits per heavy atom. The van der Waals surface area contributed by atoms with E-state index in [4.69, 9.17) is 4.74 Å². The second kappa shape index (κ2) is 8.06. The van der Waals surface area contributed by atoms with Gasteiger partial charge in [-0.3, -0.25) is 9.59 Å². The number of nitrogens with one attached hydrogen (secondary N) is 2. The topological polar surface area (TPSA) is 98.1 Å². The fraction of sp³-hybridized carbons (Fsp3) is 0.429. The Morgan fingerprint density at radius 3 is 2.80 bits per heavy atom. The number of thiophene rings is 1. The molecule has 0 saturated heterocycles. The number of amides is 2. The van der Waals surface area contributed by atoms with Gasteiger partial charge in [0.05, 0.1) is 18.1 Å². The molecule has 0 aliphatic heterocycles. The first kappa shape index (κ1) is 20.3. The van der Waals surface area contributed by atoms with Crippen molar-refractivity contribution < 1.29 is 14.3 Å². The van der Waals surface area contributed by atoms with Gasteiger partial charge in [0, 0.05) is 25.2 Å². The van der Waals surface area contributed by atoms with Gasteiger partial charge in [0.2, 0.25) is 11.8 Å². The van der Waals surface area contributed by atoms with Crippen molar-refractivity contribution in [1.82, 2.24) is 20.1 Å². The second-order valence-electron chi connectivity index (χ2n) is 7.59. The molecule has 4 rings (SSSR count). The normalized spacial score (nSPS) is 13.5. The monoisotopic (exact) mass is 427 g/mol. The number of rotatable bonds is 7. The zero-order valence-electron chi connectivity index (χ0n) is 17.5. The maximum absolute atomic E-state index is 12.6.